The standard InChI is InChI=1S/C14H19BrClNO2/c1-2-9-19-13-7-6-11(16)10-12(13)17-14(18)5-3-4-8-15/h6-7,10H,2-5,8-9H2,1H3,(H,17,18). The van der Waals surface area contributed by atoms with Crippen molar-refractivity contribution < 1.29 is 9.53 Å². The van der Waals surface area contributed by atoms with Crippen LogP contribution in [0.3, 0.4) is 0 Å². The minimum atomic E-state index is -0.00966. The van der Waals surface area contributed by atoms with Gasteiger partial charge in [0, 0.05) is 16.8 Å². The molecule has 0 aliphatic heterocycles. The van der Waals surface area contributed by atoms with Gasteiger partial charge in [0.05, 0.1) is 12.3 Å². The summed E-state index contributed by atoms with van der Waals surface area (Å²) in [5.74, 6) is 0.657. The van der Waals surface area contributed by atoms with Crippen molar-refractivity contribution in [2.24, 2.45) is 0 Å². The molecule has 1 aromatic rings. The van der Waals surface area contributed by atoms with E-state index in [0.717, 1.165) is 24.6 Å². The Kier molecular flexibility index (Phi) is 7.91. The molecule has 1 aromatic carbocycles. The van der Waals surface area contributed by atoms with E-state index in [2.05, 4.69) is 21.2 Å². The number of hydrogen-bond donors (Lipinski definition) is 1. The average molecular weight is 349 g/mol. The molecule has 0 fully saturated rings. The molecule has 5 heteroatoms. The molecule has 0 aliphatic rings. The van der Waals surface area contributed by atoms with E-state index in [1.807, 2.05) is 6.92 Å². The molecule has 0 bridgehead atoms. The first-order chi connectivity index (χ1) is 9.17. The number of benzene rings is 1. The number of carbonyl (C=O) groups is 1. The molecule has 0 saturated carbocycles. The summed E-state index contributed by atoms with van der Waals surface area (Å²) >= 11 is 9.29. The fraction of sp³-hybridized carbons (Fsp3) is 0.500. The van der Waals surface area contributed by atoms with E-state index in [1.54, 1.807) is 18.2 Å². The fourth-order valence-corrected chi connectivity index (χ4v) is 2.10. The molecule has 0 atom stereocenters. The van der Waals surface area contributed by atoms with Gasteiger partial charge in [-0.25, -0.2) is 0 Å². The highest BCUT2D eigenvalue weighted by Crippen LogP contribution is 2.28. The molecular formula is C14H19BrClNO2. The van der Waals surface area contributed by atoms with Crippen molar-refractivity contribution in [2.45, 2.75) is 32.6 Å². The summed E-state index contributed by atoms with van der Waals surface area (Å²) in [6.45, 7) is 2.66. The second kappa shape index (κ2) is 9.21. The van der Waals surface area contributed by atoms with E-state index in [0.29, 0.717) is 29.5 Å². The van der Waals surface area contributed by atoms with Gasteiger partial charge in [-0.2, -0.15) is 0 Å². The van der Waals surface area contributed by atoms with Crippen LogP contribution in [-0.4, -0.2) is 17.8 Å². The third kappa shape index (κ3) is 6.30. The van der Waals surface area contributed by atoms with E-state index in [4.69, 9.17) is 16.3 Å². The highest BCUT2D eigenvalue weighted by molar-refractivity contribution is 9.09. The van der Waals surface area contributed by atoms with Gasteiger partial charge in [0.1, 0.15) is 5.75 Å². The van der Waals surface area contributed by atoms with E-state index < -0.39 is 0 Å². The van der Waals surface area contributed by atoms with Crippen LogP contribution in [0.15, 0.2) is 18.2 Å². The number of halogens is 2. The summed E-state index contributed by atoms with van der Waals surface area (Å²) in [6.07, 6.45) is 3.28. The van der Waals surface area contributed by atoms with Gasteiger partial charge < -0.3 is 10.1 Å². The second-order valence-corrected chi connectivity index (χ2v) is 5.41. The monoisotopic (exact) mass is 347 g/mol. The van der Waals surface area contributed by atoms with Crippen LogP contribution in [0.1, 0.15) is 32.6 Å². The molecule has 0 heterocycles. The van der Waals surface area contributed by atoms with Crippen molar-refractivity contribution in [1.82, 2.24) is 0 Å². The number of carbonyl (C=O) groups excluding carboxylic acids is 1. The average Bonchev–Trinajstić information content (AvgIpc) is 2.38. The Bertz CT molecular complexity index is 412. The summed E-state index contributed by atoms with van der Waals surface area (Å²) < 4.78 is 5.59. The van der Waals surface area contributed by atoms with Gasteiger partial charge in [-0.1, -0.05) is 34.5 Å². The van der Waals surface area contributed by atoms with Crippen LogP contribution < -0.4 is 10.1 Å². The minimum absolute atomic E-state index is 0.00966. The normalized spacial score (nSPS) is 10.3. The van der Waals surface area contributed by atoms with Crippen LogP contribution in [0, 0.1) is 0 Å². The highest BCUT2D eigenvalue weighted by atomic mass is 79.9. The van der Waals surface area contributed by atoms with Gasteiger partial charge in [0.2, 0.25) is 5.91 Å². The Balaban J connectivity index is 2.63. The number of ether oxygens (including phenoxy) is 1. The number of hydrogen-bond acceptors (Lipinski definition) is 2. The lowest BCUT2D eigenvalue weighted by molar-refractivity contribution is -0.116. The smallest absolute Gasteiger partial charge is 0.224 e. The first kappa shape index (κ1) is 16.3. The summed E-state index contributed by atoms with van der Waals surface area (Å²) in [5.41, 5.74) is 0.643. The number of rotatable bonds is 8. The molecular weight excluding hydrogens is 330 g/mol. The summed E-state index contributed by atoms with van der Waals surface area (Å²) in [5, 5.41) is 4.36. The molecule has 0 saturated heterocycles. The number of amides is 1. The lowest BCUT2D eigenvalue weighted by Gasteiger charge is -2.12. The van der Waals surface area contributed by atoms with Crippen LogP contribution in [0.25, 0.3) is 0 Å². The van der Waals surface area contributed by atoms with Gasteiger partial charge in [-0.3, -0.25) is 4.79 Å². The predicted octanol–water partition coefficient (Wildman–Crippen LogP) is 4.63. The Morgan fingerprint density at radius 1 is 1.42 bits per heavy atom. The van der Waals surface area contributed by atoms with E-state index in [-0.39, 0.29) is 5.91 Å². The number of alkyl halides is 1. The maximum absolute atomic E-state index is 11.8. The zero-order valence-electron chi connectivity index (χ0n) is 11.0. The topological polar surface area (TPSA) is 38.3 Å². The molecule has 0 spiro atoms. The molecule has 0 aromatic heterocycles. The van der Waals surface area contributed by atoms with Gasteiger partial charge in [0.25, 0.3) is 0 Å². The quantitative estimate of drug-likeness (QED) is 0.549. The molecule has 1 N–H and O–H groups in total. The Morgan fingerprint density at radius 3 is 2.89 bits per heavy atom. The lowest BCUT2D eigenvalue weighted by atomic mass is 10.2. The summed E-state index contributed by atoms with van der Waals surface area (Å²) in [7, 11) is 0. The van der Waals surface area contributed by atoms with Crippen LogP contribution >= 0.6 is 27.5 Å². The first-order valence-corrected chi connectivity index (χ1v) is 7.95. The third-order valence-corrected chi connectivity index (χ3v) is 3.26. The summed E-state index contributed by atoms with van der Waals surface area (Å²) in [6, 6.07) is 5.26. The van der Waals surface area contributed by atoms with Crippen molar-refractivity contribution in [3.05, 3.63) is 23.2 Å². The van der Waals surface area contributed by atoms with E-state index in [9.17, 15) is 4.79 Å². The lowest BCUT2D eigenvalue weighted by Crippen LogP contribution is -2.12. The fourth-order valence-electron chi connectivity index (χ4n) is 1.53. The van der Waals surface area contributed by atoms with E-state index in [1.165, 1.54) is 0 Å². The van der Waals surface area contributed by atoms with Crippen LogP contribution in [-0.2, 0) is 4.79 Å². The molecule has 19 heavy (non-hydrogen) atoms. The SMILES string of the molecule is CCCOc1ccc(Cl)cc1NC(=O)CCCCBr. The third-order valence-electron chi connectivity index (χ3n) is 2.46. The van der Waals surface area contributed by atoms with Crippen molar-refractivity contribution >= 4 is 39.1 Å². The van der Waals surface area contributed by atoms with Crippen LogP contribution in [0.2, 0.25) is 5.02 Å². The van der Waals surface area contributed by atoms with Crippen LogP contribution in [0.5, 0.6) is 5.75 Å². The Labute approximate surface area is 127 Å². The molecule has 106 valence electrons. The largest absolute Gasteiger partial charge is 0.491 e. The number of unbranched alkanes of at least 4 members (excludes halogenated alkanes) is 1. The maximum Gasteiger partial charge on any atom is 0.224 e. The summed E-state index contributed by atoms with van der Waals surface area (Å²) in [4.78, 5) is 11.8. The molecule has 3 nitrogen and oxygen atoms in total. The minimum Gasteiger partial charge on any atom is -0.491 e. The predicted molar refractivity (Wildman–Crippen MR) is 83.5 cm³/mol. The van der Waals surface area contributed by atoms with Crippen molar-refractivity contribution in [3.63, 3.8) is 0 Å². The highest BCUT2D eigenvalue weighted by Gasteiger charge is 2.08. The number of nitrogens with one attached hydrogen (secondary N) is 1. The Hall–Kier alpha value is -0.740. The van der Waals surface area contributed by atoms with Crippen molar-refractivity contribution in [3.8, 4) is 5.75 Å². The number of anilines is 1. The first-order valence-electron chi connectivity index (χ1n) is 6.45. The maximum atomic E-state index is 11.8. The molecule has 1 amide bonds. The van der Waals surface area contributed by atoms with Crippen molar-refractivity contribution in [2.75, 3.05) is 17.3 Å². The molecule has 0 unspecified atom stereocenters. The van der Waals surface area contributed by atoms with Gasteiger partial charge >= 0.3 is 0 Å². The molecule has 1 rings (SSSR count). The van der Waals surface area contributed by atoms with Crippen LogP contribution in [0.4, 0.5) is 5.69 Å². The molecule has 0 radical (unpaired) electrons. The Morgan fingerprint density at radius 2 is 2.21 bits per heavy atom. The van der Waals surface area contributed by atoms with Gasteiger partial charge in [-0.05, 0) is 37.5 Å². The van der Waals surface area contributed by atoms with E-state index >= 15 is 0 Å². The zero-order chi connectivity index (χ0) is 14.1. The van der Waals surface area contributed by atoms with Crippen molar-refractivity contribution in [1.29, 1.82) is 0 Å². The molecule has 0 aliphatic carbocycles. The van der Waals surface area contributed by atoms with Gasteiger partial charge in [-0.15, -0.1) is 0 Å². The zero-order valence-corrected chi connectivity index (χ0v) is 13.4. The second-order valence-electron chi connectivity index (χ2n) is 4.18. The van der Waals surface area contributed by atoms with Gasteiger partial charge in [0.15, 0.2) is 0 Å².